The van der Waals surface area contributed by atoms with Crippen LogP contribution in [0.3, 0.4) is 0 Å². The molecule has 0 bridgehead atoms. The van der Waals surface area contributed by atoms with Gasteiger partial charge in [0.1, 0.15) is 5.75 Å². The molecule has 0 aliphatic carbocycles. The lowest BCUT2D eigenvalue weighted by Gasteiger charge is -2.41. The van der Waals surface area contributed by atoms with Gasteiger partial charge in [-0.3, -0.25) is 4.90 Å². The Morgan fingerprint density at radius 3 is 2.71 bits per heavy atom. The maximum atomic E-state index is 5.56. The number of nitrogens with zero attached hydrogens (tertiary/aromatic N) is 1. The van der Waals surface area contributed by atoms with Crippen LogP contribution in [0.5, 0.6) is 5.75 Å². The van der Waals surface area contributed by atoms with E-state index in [-0.39, 0.29) is 0 Å². The predicted molar refractivity (Wildman–Crippen MR) is 83.7 cm³/mol. The zero-order valence-corrected chi connectivity index (χ0v) is 12.9. The Morgan fingerprint density at radius 1 is 1.24 bits per heavy atom. The van der Waals surface area contributed by atoms with E-state index in [1.807, 2.05) is 6.07 Å². The Balaban J connectivity index is 1.85. The van der Waals surface area contributed by atoms with Gasteiger partial charge in [0, 0.05) is 45.4 Å². The first kappa shape index (κ1) is 14.8. The summed E-state index contributed by atoms with van der Waals surface area (Å²) in [5, 5.41) is 3.46. The van der Waals surface area contributed by atoms with Gasteiger partial charge in [0.25, 0.3) is 0 Å². The van der Waals surface area contributed by atoms with Gasteiger partial charge in [0.15, 0.2) is 0 Å². The second-order valence-electron chi connectivity index (χ2n) is 5.96. The number of piperazine rings is 1. The van der Waals surface area contributed by atoms with Crippen molar-refractivity contribution >= 4 is 0 Å². The van der Waals surface area contributed by atoms with E-state index in [0.29, 0.717) is 12.0 Å². The molecular formula is C17H26N2O2. The molecule has 2 aliphatic heterocycles. The Morgan fingerprint density at radius 2 is 2.00 bits per heavy atom. The number of benzene rings is 1. The van der Waals surface area contributed by atoms with Crippen molar-refractivity contribution in [1.29, 1.82) is 0 Å². The molecule has 116 valence electrons. The maximum Gasteiger partial charge on any atom is 0.119 e. The van der Waals surface area contributed by atoms with Crippen molar-refractivity contribution in [2.45, 2.75) is 18.9 Å². The third kappa shape index (κ3) is 3.57. The molecule has 2 aliphatic rings. The second kappa shape index (κ2) is 7.25. The SMILES string of the molecule is COc1cccc([C@H](C2CCOCC2)N2CCNCC2)c1. The van der Waals surface area contributed by atoms with Crippen molar-refractivity contribution in [2.75, 3.05) is 46.5 Å². The fourth-order valence-corrected chi connectivity index (χ4v) is 3.60. The number of ether oxygens (including phenoxy) is 2. The maximum absolute atomic E-state index is 5.56. The van der Waals surface area contributed by atoms with Crippen molar-refractivity contribution in [2.24, 2.45) is 5.92 Å². The fourth-order valence-electron chi connectivity index (χ4n) is 3.60. The molecule has 3 rings (SSSR count). The van der Waals surface area contributed by atoms with Gasteiger partial charge in [-0.25, -0.2) is 0 Å². The zero-order chi connectivity index (χ0) is 14.5. The zero-order valence-electron chi connectivity index (χ0n) is 12.9. The predicted octanol–water partition coefficient (Wildman–Crippen LogP) is 2.07. The van der Waals surface area contributed by atoms with Crippen LogP contribution in [0.4, 0.5) is 0 Å². The van der Waals surface area contributed by atoms with Crippen LogP contribution in [-0.2, 0) is 4.74 Å². The Hall–Kier alpha value is -1.10. The lowest BCUT2D eigenvalue weighted by molar-refractivity contribution is 0.0212. The van der Waals surface area contributed by atoms with Crippen LogP contribution in [0.15, 0.2) is 24.3 Å². The molecule has 0 spiro atoms. The number of rotatable bonds is 4. The number of methoxy groups -OCH3 is 1. The van der Waals surface area contributed by atoms with Gasteiger partial charge < -0.3 is 14.8 Å². The van der Waals surface area contributed by atoms with Crippen LogP contribution in [0.1, 0.15) is 24.4 Å². The Labute approximate surface area is 127 Å². The molecule has 0 amide bonds. The van der Waals surface area contributed by atoms with E-state index in [0.717, 1.165) is 58.0 Å². The Kier molecular flexibility index (Phi) is 5.12. The normalized spacial score (nSPS) is 22.9. The van der Waals surface area contributed by atoms with E-state index in [1.165, 1.54) is 5.56 Å². The Bertz CT molecular complexity index is 422. The lowest BCUT2D eigenvalue weighted by Crippen LogP contribution is -2.47. The smallest absolute Gasteiger partial charge is 0.119 e. The summed E-state index contributed by atoms with van der Waals surface area (Å²) in [5.74, 6) is 1.64. The highest BCUT2D eigenvalue weighted by Gasteiger charge is 2.31. The van der Waals surface area contributed by atoms with Gasteiger partial charge >= 0.3 is 0 Å². The van der Waals surface area contributed by atoms with Crippen molar-refractivity contribution in [1.82, 2.24) is 10.2 Å². The van der Waals surface area contributed by atoms with Crippen molar-refractivity contribution in [3.63, 3.8) is 0 Å². The second-order valence-corrected chi connectivity index (χ2v) is 5.96. The van der Waals surface area contributed by atoms with Crippen LogP contribution in [0.2, 0.25) is 0 Å². The highest BCUT2D eigenvalue weighted by atomic mass is 16.5. The number of hydrogen-bond donors (Lipinski definition) is 1. The summed E-state index contributed by atoms with van der Waals surface area (Å²) in [4.78, 5) is 2.64. The summed E-state index contributed by atoms with van der Waals surface area (Å²) in [6, 6.07) is 9.10. The van der Waals surface area contributed by atoms with Gasteiger partial charge in [-0.1, -0.05) is 12.1 Å². The minimum absolute atomic E-state index is 0.492. The van der Waals surface area contributed by atoms with E-state index in [4.69, 9.17) is 9.47 Å². The summed E-state index contributed by atoms with van der Waals surface area (Å²) in [6.07, 6.45) is 2.32. The first-order valence-electron chi connectivity index (χ1n) is 8.05. The van der Waals surface area contributed by atoms with Gasteiger partial charge in [0.2, 0.25) is 0 Å². The summed E-state index contributed by atoms with van der Waals surface area (Å²) < 4.78 is 11.0. The lowest BCUT2D eigenvalue weighted by atomic mass is 9.85. The van der Waals surface area contributed by atoms with Crippen LogP contribution in [-0.4, -0.2) is 51.4 Å². The molecule has 4 heteroatoms. The average Bonchev–Trinajstić information content (AvgIpc) is 2.57. The molecule has 1 aromatic carbocycles. The van der Waals surface area contributed by atoms with Crippen LogP contribution in [0, 0.1) is 5.92 Å². The molecule has 21 heavy (non-hydrogen) atoms. The molecule has 2 saturated heterocycles. The van der Waals surface area contributed by atoms with E-state index in [9.17, 15) is 0 Å². The van der Waals surface area contributed by atoms with Crippen LogP contribution >= 0.6 is 0 Å². The molecular weight excluding hydrogens is 264 g/mol. The molecule has 1 aromatic rings. The summed E-state index contributed by atoms with van der Waals surface area (Å²) in [5.41, 5.74) is 1.39. The van der Waals surface area contributed by atoms with Gasteiger partial charge in [-0.15, -0.1) is 0 Å². The van der Waals surface area contributed by atoms with Crippen molar-refractivity contribution in [3.05, 3.63) is 29.8 Å². The summed E-state index contributed by atoms with van der Waals surface area (Å²) in [6.45, 7) is 6.22. The topological polar surface area (TPSA) is 33.7 Å². The third-order valence-electron chi connectivity index (χ3n) is 4.69. The van der Waals surface area contributed by atoms with E-state index in [2.05, 4.69) is 28.4 Å². The molecule has 0 saturated carbocycles. The quantitative estimate of drug-likeness (QED) is 0.920. The van der Waals surface area contributed by atoms with Crippen LogP contribution in [0.25, 0.3) is 0 Å². The van der Waals surface area contributed by atoms with Gasteiger partial charge in [-0.05, 0) is 36.5 Å². The van der Waals surface area contributed by atoms with E-state index in [1.54, 1.807) is 7.11 Å². The molecule has 0 aromatic heterocycles. The molecule has 1 N–H and O–H groups in total. The summed E-state index contributed by atoms with van der Waals surface area (Å²) in [7, 11) is 1.74. The number of hydrogen-bond acceptors (Lipinski definition) is 4. The highest BCUT2D eigenvalue weighted by Crippen LogP contribution is 2.36. The standard InChI is InChI=1S/C17H26N2O2/c1-20-16-4-2-3-15(13-16)17(14-5-11-21-12-6-14)19-9-7-18-8-10-19/h2-4,13-14,17-18H,5-12H2,1H3/t17-/m0/s1. The molecule has 2 fully saturated rings. The minimum Gasteiger partial charge on any atom is -0.497 e. The van der Waals surface area contributed by atoms with Crippen LogP contribution < -0.4 is 10.1 Å². The van der Waals surface area contributed by atoms with E-state index < -0.39 is 0 Å². The summed E-state index contributed by atoms with van der Waals surface area (Å²) >= 11 is 0. The molecule has 0 unspecified atom stereocenters. The average molecular weight is 290 g/mol. The number of nitrogens with one attached hydrogen (secondary N) is 1. The molecule has 2 heterocycles. The minimum atomic E-state index is 0.492. The van der Waals surface area contributed by atoms with Crippen molar-refractivity contribution < 1.29 is 9.47 Å². The van der Waals surface area contributed by atoms with E-state index >= 15 is 0 Å². The first-order chi connectivity index (χ1) is 10.4. The monoisotopic (exact) mass is 290 g/mol. The van der Waals surface area contributed by atoms with Crippen molar-refractivity contribution in [3.8, 4) is 5.75 Å². The van der Waals surface area contributed by atoms with Gasteiger partial charge in [0.05, 0.1) is 7.11 Å². The highest BCUT2D eigenvalue weighted by molar-refractivity contribution is 5.31. The fraction of sp³-hybridized carbons (Fsp3) is 0.647. The van der Waals surface area contributed by atoms with Gasteiger partial charge in [-0.2, -0.15) is 0 Å². The molecule has 0 radical (unpaired) electrons. The first-order valence-corrected chi connectivity index (χ1v) is 8.05. The molecule has 1 atom stereocenters. The largest absolute Gasteiger partial charge is 0.497 e. The molecule has 4 nitrogen and oxygen atoms in total. The third-order valence-corrected chi connectivity index (χ3v) is 4.69.